The molecule has 0 spiro atoms. The number of hydrogen-bond donors (Lipinski definition) is 0. The maximum absolute atomic E-state index is 12.5. The zero-order valence-corrected chi connectivity index (χ0v) is 39.9. The van der Waals surface area contributed by atoms with Crippen molar-refractivity contribution in [3.63, 3.8) is 0 Å². The molecule has 0 radical (unpaired) electrons. The van der Waals surface area contributed by atoms with Gasteiger partial charge in [0.15, 0.2) is 0 Å². The molecule has 3 atom stereocenters. The fourth-order valence-corrected chi connectivity index (χ4v) is 9.20. The molecule has 5 aliphatic rings. The number of ether oxygens (including phenoxy) is 4. The molecule has 5 saturated heterocycles. The summed E-state index contributed by atoms with van der Waals surface area (Å²) in [5.41, 5.74) is 0. The third-order valence-corrected chi connectivity index (χ3v) is 12.8. The molecule has 364 valence electrons. The Hall–Kier alpha value is -2.85. The number of carbonyl (C=O) groups excluding carboxylic acids is 4. The van der Waals surface area contributed by atoms with Gasteiger partial charge in [-0.05, 0) is 78.6 Å². The van der Waals surface area contributed by atoms with Crippen molar-refractivity contribution in [2.24, 2.45) is 0 Å². The highest BCUT2D eigenvalue weighted by atomic mass is 32.2. The first-order valence-corrected chi connectivity index (χ1v) is 25.6. The van der Waals surface area contributed by atoms with Crippen LogP contribution in [0.15, 0.2) is 0 Å². The second-order valence-electron chi connectivity index (χ2n) is 17.3. The maximum atomic E-state index is 12.5. The summed E-state index contributed by atoms with van der Waals surface area (Å²) in [6, 6.07) is -0.629. The Morgan fingerprint density at radius 3 is 1.49 bits per heavy atom. The van der Waals surface area contributed by atoms with Gasteiger partial charge >= 0.3 is 24.1 Å². The first kappa shape index (κ1) is 52.8. The lowest BCUT2D eigenvalue weighted by Gasteiger charge is -2.38. The Balaban J connectivity index is 0.000000302. The number of esters is 2. The van der Waals surface area contributed by atoms with Crippen LogP contribution in [-0.2, 0) is 42.8 Å². The lowest BCUT2D eigenvalue weighted by Crippen LogP contribution is -2.54. The monoisotopic (exact) mass is 917 g/mol. The van der Waals surface area contributed by atoms with Gasteiger partial charge in [0.25, 0.3) is 10.1 Å². The van der Waals surface area contributed by atoms with Gasteiger partial charge < -0.3 is 48.3 Å². The first-order valence-electron chi connectivity index (χ1n) is 23.7. The highest BCUT2D eigenvalue weighted by Crippen LogP contribution is 2.18. The van der Waals surface area contributed by atoms with Crippen molar-refractivity contribution in [1.82, 2.24) is 39.2 Å². The average Bonchev–Trinajstić information content (AvgIpc) is 3.80. The van der Waals surface area contributed by atoms with Gasteiger partial charge in [-0.25, -0.2) is 9.59 Å². The van der Waals surface area contributed by atoms with Gasteiger partial charge in [0.2, 0.25) is 0 Å². The molecule has 5 aliphatic heterocycles. The van der Waals surface area contributed by atoms with Crippen LogP contribution < -0.4 is 0 Å². The number of unbranched alkanes of at least 4 members (excludes halogenated alkanes) is 2. The van der Waals surface area contributed by atoms with Crippen molar-refractivity contribution in [3.05, 3.63) is 0 Å². The molecular weight excluding hydrogens is 837 g/mol. The van der Waals surface area contributed by atoms with Crippen LogP contribution in [0, 0.1) is 0 Å². The van der Waals surface area contributed by atoms with Crippen molar-refractivity contribution in [1.29, 1.82) is 0 Å². The quantitative estimate of drug-likeness (QED) is 0.0560. The molecule has 0 N–H and O–H groups in total. The summed E-state index contributed by atoms with van der Waals surface area (Å²) in [6.07, 6.45) is 6.23. The van der Waals surface area contributed by atoms with Crippen molar-refractivity contribution in [2.45, 2.75) is 90.9 Å². The lowest BCUT2D eigenvalue weighted by atomic mass is 10.1. The average molecular weight is 917 g/mol. The predicted molar refractivity (Wildman–Crippen MR) is 239 cm³/mol. The Kier molecular flexibility index (Phi) is 23.7. The third kappa shape index (κ3) is 19.7. The van der Waals surface area contributed by atoms with Crippen molar-refractivity contribution < 1.29 is 50.7 Å². The van der Waals surface area contributed by atoms with Gasteiger partial charge in [0.05, 0.1) is 39.0 Å². The number of hydrogen-bond acceptors (Lipinski definition) is 17. The van der Waals surface area contributed by atoms with Gasteiger partial charge in [-0.3, -0.25) is 23.6 Å². The lowest BCUT2D eigenvalue weighted by molar-refractivity contribution is -0.157. The molecular formula is C43H80N8O11S. The summed E-state index contributed by atoms with van der Waals surface area (Å²) in [6.45, 7) is 28.0. The number of rotatable bonds is 25. The van der Waals surface area contributed by atoms with Crippen molar-refractivity contribution >= 4 is 34.2 Å². The van der Waals surface area contributed by atoms with Crippen LogP contribution in [-0.4, -0.2) is 254 Å². The summed E-state index contributed by atoms with van der Waals surface area (Å²) < 4.78 is 47.7. The van der Waals surface area contributed by atoms with Gasteiger partial charge in [-0.1, -0.05) is 13.8 Å². The molecule has 2 amide bonds. The standard InChI is InChI=1S/C27H49N5O6.C16H31N3O5S/c1-4-9-28-12-14-29(15-13-28)10-7-8-11-32-22-23(38-27(32)35)21-30-16-18-31(19-17-30)24(26(34)37-6-3)20-25(33)36-5-2;1-3-6-17-9-11-18(12-10-17)7-4-5-8-19-13-15(24-16(19)20)14-23-25(2,21)22/h23-24H,4-22H2,1-3H3;15H,3-14H2,1-2H3. The van der Waals surface area contributed by atoms with E-state index in [1.165, 1.54) is 25.9 Å². The van der Waals surface area contributed by atoms with E-state index >= 15 is 0 Å². The van der Waals surface area contributed by atoms with E-state index in [0.717, 1.165) is 117 Å². The topological polar surface area (TPSA) is 174 Å². The minimum atomic E-state index is -3.51. The van der Waals surface area contributed by atoms with Crippen LogP contribution in [0.1, 0.15) is 72.6 Å². The molecule has 5 heterocycles. The van der Waals surface area contributed by atoms with Crippen LogP contribution in [0.25, 0.3) is 0 Å². The van der Waals surface area contributed by atoms with E-state index in [1.54, 1.807) is 18.7 Å². The Morgan fingerprint density at radius 1 is 0.603 bits per heavy atom. The van der Waals surface area contributed by atoms with Crippen LogP contribution >= 0.6 is 0 Å². The van der Waals surface area contributed by atoms with E-state index in [9.17, 15) is 27.6 Å². The molecule has 0 aliphatic carbocycles. The minimum absolute atomic E-state index is 0.00304. The number of amides is 2. The predicted octanol–water partition coefficient (Wildman–Crippen LogP) is 1.71. The Labute approximate surface area is 377 Å². The zero-order valence-electron chi connectivity index (χ0n) is 39.1. The maximum Gasteiger partial charge on any atom is 0.410 e. The van der Waals surface area contributed by atoms with Crippen molar-refractivity contribution in [2.75, 3.05) is 164 Å². The SMILES string of the molecule is CCCN1CCN(CCCCN2CC(CN3CCN(C(CC(=O)OCC)C(=O)OCC)CC3)OC2=O)CC1.CCCN1CCN(CCCCN2CC(COS(C)(=O)=O)OC2=O)CC1. The number of piperazine rings is 3. The summed E-state index contributed by atoms with van der Waals surface area (Å²) in [5.74, 6) is -0.770. The summed E-state index contributed by atoms with van der Waals surface area (Å²) >= 11 is 0. The van der Waals surface area contributed by atoms with E-state index in [4.69, 9.17) is 23.1 Å². The normalized spacial score (nSPS) is 23.0. The number of nitrogens with zero attached hydrogens (tertiary/aromatic N) is 8. The summed E-state index contributed by atoms with van der Waals surface area (Å²) in [5, 5.41) is 0. The molecule has 20 heteroatoms. The molecule has 19 nitrogen and oxygen atoms in total. The highest BCUT2D eigenvalue weighted by molar-refractivity contribution is 7.85. The smallest absolute Gasteiger partial charge is 0.410 e. The third-order valence-electron chi connectivity index (χ3n) is 12.2. The molecule has 0 aromatic carbocycles. The van der Waals surface area contributed by atoms with E-state index < -0.39 is 22.3 Å². The van der Waals surface area contributed by atoms with E-state index in [2.05, 4.69) is 38.3 Å². The summed E-state index contributed by atoms with van der Waals surface area (Å²) in [7, 11) is -3.51. The molecule has 3 unspecified atom stereocenters. The molecule has 0 aromatic heterocycles. The largest absolute Gasteiger partial charge is 0.466 e. The van der Waals surface area contributed by atoms with E-state index in [-0.39, 0.29) is 56.5 Å². The zero-order chi connectivity index (χ0) is 45.6. The van der Waals surface area contributed by atoms with Gasteiger partial charge in [0.1, 0.15) is 24.9 Å². The molecule has 0 saturated carbocycles. The second kappa shape index (κ2) is 28.2. The first-order chi connectivity index (χ1) is 30.3. The van der Waals surface area contributed by atoms with E-state index in [1.807, 2.05) is 9.80 Å². The van der Waals surface area contributed by atoms with Gasteiger partial charge in [-0.15, -0.1) is 0 Å². The van der Waals surface area contributed by atoms with E-state index in [0.29, 0.717) is 39.3 Å². The Morgan fingerprint density at radius 2 is 1.03 bits per heavy atom. The Bertz CT molecular complexity index is 1470. The fourth-order valence-electron chi connectivity index (χ4n) is 8.80. The van der Waals surface area contributed by atoms with Gasteiger partial charge in [0, 0.05) is 98.2 Å². The second-order valence-corrected chi connectivity index (χ2v) is 18.9. The highest BCUT2D eigenvalue weighted by Gasteiger charge is 2.36. The van der Waals surface area contributed by atoms with Crippen LogP contribution in [0.4, 0.5) is 9.59 Å². The minimum Gasteiger partial charge on any atom is -0.466 e. The van der Waals surface area contributed by atoms with Crippen molar-refractivity contribution in [3.8, 4) is 0 Å². The number of carbonyl (C=O) groups is 4. The van der Waals surface area contributed by atoms with Crippen LogP contribution in [0.5, 0.6) is 0 Å². The fraction of sp³-hybridized carbons (Fsp3) is 0.907. The summed E-state index contributed by atoms with van der Waals surface area (Å²) in [4.78, 5) is 66.6. The molecule has 63 heavy (non-hydrogen) atoms. The molecule has 0 bridgehead atoms. The molecule has 5 fully saturated rings. The van der Waals surface area contributed by atoms with Gasteiger partial charge in [-0.2, -0.15) is 8.42 Å². The molecule has 5 rings (SSSR count). The molecule has 0 aromatic rings. The number of cyclic esters (lactones) is 2. The van der Waals surface area contributed by atoms with Crippen LogP contribution in [0.3, 0.4) is 0 Å². The van der Waals surface area contributed by atoms with Crippen LogP contribution in [0.2, 0.25) is 0 Å².